The smallest absolute Gasteiger partial charge is 0.253 e. The molecule has 1 heterocycles. The lowest BCUT2D eigenvalue weighted by atomic mass is 9.98. The normalized spacial score (nSPS) is 11.7. The number of hydrogen-bond donors (Lipinski definition) is 1. The van der Waals surface area contributed by atoms with Crippen molar-refractivity contribution < 1.29 is 13.2 Å². The van der Waals surface area contributed by atoms with Crippen LogP contribution in [-0.2, 0) is 6.18 Å². The summed E-state index contributed by atoms with van der Waals surface area (Å²) in [7, 11) is 0. The Bertz CT molecular complexity index is 1170. The number of nitrogens with one attached hydrogen (secondary N) is 1. The van der Waals surface area contributed by atoms with Gasteiger partial charge in [0, 0.05) is 16.5 Å². The van der Waals surface area contributed by atoms with E-state index < -0.39 is 11.7 Å². The van der Waals surface area contributed by atoms with Crippen molar-refractivity contribution in [3.05, 3.63) is 95.4 Å². The predicted molar refractivity (Wildman–Crippen MR) is 116 cm³/mol. The zero-order valence-corrected chi connectivity index (χ0v) is 16.4. The number of anilines is 1. The highest BCUT2D eigenvalue weighted by atomic mass is 32.1. The van der Waals surface area contributed by atoms with Crippen molar-refractivity contribution >= 4 is 22.7 Å². The van der Waals surface area contributed by atoms with Gasteiger partial charge in [0.1, 0.15) is 0 Å². The molecule has 4 rings (SSSR count). The van der Waals surface area contributed by atoms with Crippen LogP contribution in [0.3, 0.4) is 0 Å². The number of rotatable bonds is 5. The van der Waals surface area contributed by atoms with Crippen LogP contribution in [0.5, 0.6) is 0 Å². The minimum Gasteiger partial charge on any atom is -0.253 e. The van der Waals surface area contributed by atoms with Crippen LogP contribution in [0.15, 0.2) is 89.3 Å². The van der Waals surface area contributed by atoms with Gasteiger partial charge in [-0.3, -0.25) is 5.43 Å². The molecule has 0 saturated carbocycles. The van der Waals surface area contributed by atoms with Crippen molar-refractivity contribution in [3.8, 4) is 22.4 Å². The SMILES string of the molecule is FC(F)(F)c1cccc(-c2ccccc2C=NNc2nc(-c3ccccc3)cs2)c1. The molecule has 30 heavy (non-hydrogen) atoms. The number of hydrazone groups is 1. The molecule has 1 aromatic heterocycles. The highest BCUT2D eigenvalue weighted by Gasteiger charge is 2.30. The fraction of sp³-hybridized carbons (Fsp3) is 0.0435. The fourth-order valence-corrected chi connectivity index (χ4v) is 3.63. The monoisotopic (exact) mass is 423 g/mol. The van der Waals surface area contributed by atoms with Crippen LogP contribution in [0.2, 0.25) is 0 Å². The van der Waals surface area contributed by atoms with E-state index in [1.165, 1.54) is 17.4 Å². The van der Waals surface area contributed by atoms with Crippen molar-refractivity contribution in [3.63, 3.8) is 0 Å². The highest BCUT2D eigenvalue weighted by Crippen LogP contribution is 2.33. The first-order chi connectivity index (χ1) is 14.5. The summed E-state index contributed by atoms with van der Waals surface area (Å²) in [6, 6.07) is 22.3. The molecule has 3 aromatic carbocycles. The molecular formula is C23H16F3N3S. The standard InChI is InChI=1S/C23H16F3N3S/c24-23(25,26)19-11-6-10-17(13-19)20-12-5-4-9-18(20)14-27-29-22-28-21(15-30-22)16-7-2-1-3-8-16/h1-15H,(H,28,29). The van der Waals surface area contributed by atoms with E-state index in [0.29, 0.717) is 21.8 Å². The average Bonchev–Trinajstić information content (AvgIpc) is 3.23. The van der Waals surface area contributed by atoms with E-state index in [-0.39, 0.29) is 0 Å². The Hall–Kier alpha value is -3.45. The van der Waals surface area contributed by atoms with Gasteiger partial charge in [-0.1, -0.05) is 66.7 Å². The maximum atomic E-state index is 13.1. The summed E-state index contributed by atoms with van der Waals surface area (Å²) < 4.78 is 39.2. The Morgan fingerprint density at radius 2 is 1.60 bits per heavy atom. The molecule has 0 aliphatic rings. The Labute approximate surface area is 175 Å². The van der Waals surface area contributed by atoms with E-state index in [0.717, 1.165) is 23.4 Å². The van der Waals surface area contributed by atoms with E-state index in [1.54, 1.807) is 30.5 Å². The second kappa shape index (κ2) is 8.51. The van der Waals surface area contributed by atoms with E-state index in [9.17, 15) is 13.2 Å². The third-order valence-electron chi connectivity index (χ3n) is 4.40. The molecule has 0 unspecified atom stereocenters. The van der Waals surface area contributed by atoms with Gasteiger partial charge in [-0.15, -0.1) is 11.3 Å². The highest BCUT2D eigenvalue weighted by molar-refractivity contribution is 7.14. The van der Waals surface area contributed by atoms with Crippen molar-refractivity contribution in [2.75, 3.05) is 5.43 Å². The van der Waals surface area contributed by atoms with Crippen LogP contribution in [0, 0.1) is 0 Å². The number of halogens is 3. The zero-order valence-electron chi connectivity index (χ0n) is 15.6. The average molecular weight is 423 g/mol. The molecule has 1 N–H and O–H groups in total. The van der Waals surface area contributed by atoms with Gasteiger partial charge in [0.2, 0.25) is 5.13 Å². The van der Waals surface area contributed by atoms with Crippen LogP contribution >= 0.6 is 11.3 Å². The minimum atomic E-state index is -4.39. The van der Waals surface area contributed by atoms with E-state index >= 15 is 0 Å². The third-order valence-corrected chi connectivity index (χ3v) is 5.15. The van der Waals surface area contributed by atoms with Crippen LogP contribution in [0.4, 0.5) is 18.3 Å². The Morgan fingerprint density at radius 3 is 2.40 bits per heavy atom. The molecule has 150 valence electrons. The molecule has 0 amide bonds. The number of benzene rings is 3. The quantitative estimate of drug-likeness (QED) is 0.279. The van der Waals surface area contributed by atoms with Crippen LogP contribution in [0.1, 0.15) is 11.1 Å². The molecule has 0 aliphatic heterocycles. The minimum absolute atomic E-state index is 0.479. The summed E-state index contributed by atoms with van der Waals surface area (Å²) in [6.45, 7) is 0. The molecule has 3 nitrogen and oxygen atoms in total. The summed E-state index contributed by atoms with van der Waals surface area (Å²) in [5.41, 5.74) is 5.92. The molecular weight excluding hydrogens is 407 g/mol. The molecule has 0 spiro atoms. The molecule has 0 atom stereocenters. The van der Waals surface area contributed by atoms with Gasteiger partial charge in [0.25, 0.3) is 0 Å². The van der Waals surface area contributed by atoms with Gasteiger partial charge in [0.15, 0.2) is 0 Å². The summed E-state index contributed by atoms with van der Waals surface area (Å²) in [5, 5.41) is 6.79. The summed E-state index contributed by atoms with van der Waals surface area (Å²) >= 11 is 1.42. The largest absolute Gasteiger partial charge is 0.416 e. The molecule has 7 heteroatoms. The van der Waals surface area contributed by atoms with Gasteiger partial charge in [-0.05, 0) is 23.3 Å². The summed E-state index contributed by atoms with van der Waals surface area (Å²) in [4.78, 5) is 4.50. The van der Waals surface area contributed by atoms with Gasteiger partial charge in [-0.2, -0.15) is 18.3 Å². The first-order valence-electron chi connectivity index (χ1n) is 9.07. The lowest BCUT2D eigenvalue weighted by Gasteiger charge is -2.10. The predicted octanol–water partition coefficient (Wildman–Crippen LogP) is 6.94. The van der Waals surface area contributed by atoms with E-state index in [2.05, 4.69) is 15.5 Å². The first-order valence-corrected chi connectivity index (χ1v) is 9.95. The Kier molecular flexibility index (Phi) is 5.63. The molecule has 0 bridgehead atoms. The maximum absolute atomic E-state index is 13.1. The number of alkyl halides is 3. The molecule has 0 saturated heterocycles. The van der Waals surface area contributed by atoms with E-state index in [4.69, 9.17) is 0 Å². The molecule has 4 aromatic rings. The van der Waals surface area contributed by atoms with Crippen LogP contribution in [-0.4, -0.2) is 11.2 Å². The first kappa shape index (κ1) is 19.8. The number of hydrogen-bond acceptors (Lipinski definition) is 4. The van der Waals surface area contributed by atoms with E-state index in [1.807, 2.05) is 41.8 Å². The van der Waals surface area contributed by atoms with Crippen LogP contribution < -0.4 is 5.43 Å². The van der Waals surface area contributed by atoms with Gasteiger partial charge < -0.3 is 0 Å². The molecule has 0 radical (unpaired) electrons. The van der Waals surface area contributed by atoms with Crippen molar-refractivity contribution in [1.82, 2.24) is 4.98 Å². The molecule has 0 fully saturated rings. The molecule has 0 aliphatic carbocycles. The van der Waals surface area contributed by atoms with Gasteiger partial charge in [-0.25, -0.2) is 4.98 Å². The van der Waals surface area contributed by atoms with Crippen molar-refractivity contribution in [2.45, 2.75) is 6.18 Å². The summed E-state index contributed by atoms with van der Waals surface area (Å²) in [6.07, 6.45) is -2.80. The van der Waals surface area contributed by atoms with Crippen molar-refractivity contribution in [1.29, 1.82) is 0 Å². The zero-order chi connectivity index (χ0) is 21.0. The second-order valence-electron chi connectivity index (χ2n) is 6.44. The lowest BCUT2D eigenvalue weighted by molar-refractivity contribution is -0.137. The van der Waals surface area contributed by atoms with Gasteiger partial charge >= 0.3 is 6.18 Å². The van der Waals surface area contributed by atoms with Crippen LogP contribution in [0.25, 0.3) is 22.4 Å². The second-order valence-corrected chi connectivity index (χ2v) is 7.30. The Balaban J connectivity index is 1.54. The number of nitrogens with zero attached hydrogens (tertiary/aromatic N) is 2. The van der Waals surface area contributed by atoms with Crippen molar-refractivity contribution in [2.24, 2.45) is 5.10 Å². The fourth-order valence-electron chi connectivity index (χ4n) is 2.96. The Morgan fingerprint density at radius 1 is 0.867 bits per heavy atom. The summed E-state index contributed by atoms with van der Waals surface area (Å²) in [5.74, 6) is 0. The number of thiazole rings is 1. The lowest BCUT2D eigenvalue weighted by Crippen LogP contribution is -2.04. The maximum Gasteiger partial charge on any atom is 0.416 e. The number of aromatic nitrogens is 1. The third kappa shape index (κ3) is 4.58. The van der Waals surface area contributed by atoms with Gasteiger partial charge in [0.05, 0.1) is 17.5 Å². The topological polar surface area (TPSA) is 37.3 Å².